The topological polar surface area (TPSA) is 57.2 Å². The molecule has 0 saturated heterocycles. The van der Waals surface area contributed by atoms with Crippen LogP contribution in [0.3, 0.4) is 0 Å². The minimum absolute atomic E-state index is 0. The van der Waals surface area contributed by atoms with E-state index in [0.29, 0.717) is 0 Å². The molecule has 2 aromatic carbocycles. The van der Waals surface area contributed by atoms with Crippen molar-refractivity contribution in [1.82, 2.24) is 0 Å². The van der Waals surface area contributed by atoms with Crippen LogP contribution in [0.1, 0.15) is 57.4 Å². The normalized spacial score (nSPS) is 11.4. The molecule has 2 rings (SSSR count). The summed E-state index contributed by atoms with van der Waals surface area (Å²) in [5, 5.41) is 1.78. The van der Waals surface area contributed by atoms with E-state index >= 15 is 0 Å². The van der Waals surface area contributed by atoms with Crippen LogP contribution < -0.4 is 51.4 Å². The third kappa shape index (κ3) is 7.24. The van der Waals surface area contributed by atoms with E-state index in [9.17, 15) is 13.0 Å². The van der Waals surface area contributed by atoms with Gasteiger partial charge in [0.2, 0.25) is 0 Å². The van der Waals surface area contributed by atoms with Crippen molar-refractivity contribution in [2.45, 2.75) is 63.2 Å². The zero-order valence-electron chi connectivity index (χ0n) is 14.8. The first-order valence-corrected chi connectivity index (χ1v) is 9.90. The molecule has 0 aliphatic rings. The maximum absolute atomic E-state index is 11.1. The van der Waals surface area contributed by atoms with Crippen molar-refractivity contribution < 1.29 is 64.4 Å². The Kier molecular flexibility index (Phi) is 10.3. The summed E-state index contributed by atoms with van der Waals surface area (Å²) in [5.41, 5.74) is 1.20. The fraction of sp³-hybridized carbons (Fsp3) is 0.474. The van der Waals surface area contributed by atoms with Gasteiger partial charge in [0.05, 0.1) is 4.90 Å². The summed E-state index contributed by atoms with van der Waals surface area (Å²) < 4.78 is 33.4. The van der Waals surface area contributed by atoms with Crippen LogP contribution in [-0.2, 0) is 16.5 Å². The van der Waals surface area contributed by atoms with E-state index in [-0.39, 0.29) is 56.3 Å². The largest absolute Gasteiger partial charge is 1.00 e. The summed E-state index contributed by atoms with van der Waals surface area (Å²) in [6, 6.07) is 10.6. The maximum atomic E-state index is 11.1. The summed E-state index contributed by atoms with van der Waals surface area (Å²) >= 11 is 0. The number of unbranched alkanes of at least 4 members (excludes halogenated alkanes) is 6. The molecule has 5 heteroatoms. The van der Waals surface area contributed by atoms with Gasteiger partial charge in [0.15, 0.2) is 0 Å². The monoisotopic (exact) mass is 372 g/mol. The zero-order chi connectivity index (χ0) is 16.7. The number of aryl methyl sites for hydroxylation is 1. The molecule has 0 N–H and O–H groups in total. The summed E-state index contributed by atoms with van der Waals surface area (Å²) in [7, 11) is -4.39. The minimum Gasteiger partial charge on any atom is -0.744 e. The average molecular weight is 373 g/mol. The fourth-order valence-electron chi connectivity index (χ4n) is 2.87. The van der Waals surface area contributed by atoms with E-state index in [4.69, 9.17) is 0 Å². The van der Waals surface area contributed by atoms with Crippen LogP contribution in [0.4, 0.5) is 0 Å². The molecule has 2 aromatic rings. The van der Waals surface area contributed by atoms with Crippen molar-refractivity contribution in [3.8, 4) is 0 Å². The molecule has 0 heterocycles. The van der Waals surface area contributed by atoms with Gasteiger partial charge in [0.1, 0.15) is 10.1 Å². The molecular weight excluding hydrogens is 347 g/mol. The van der Waals surface area contributed by atoms with Crippen molar-refractivity contribution in [2.75, 3.05) is 0 Å². The molecule has 0 aromatic heterocycles. The summed E-state index contributed by atoms with van der Waals surface area (Å²) in [6.45, 7) is 2.23. The summed E-state index contributed by atoms with van der Waals surface area (Å²) in [4.78, 5) is -0.155. The second-order valence-corrected chi connectivity index (χ2v) is 7.55. The van der Waals surface area contributed by atoms with Gasteiger partial charge in [-0.3, -0.25) is 0 Å². The standard InChI is InChI=1S/C19H26O3S.K/c1-2-3-4-5-6-7-8-9-16-10-11-17-12-13-19(23(20,21)22)15-18(17)14-16;/h10-15H,2-9H2,1H3,(H,20,21,22);/q;+1/p-1. The Hall–Kier alpha value is 0.246. The molecule has 0 aliphatic carbocycles. The Bertz CT molecular complexity index is 741. The van der Waals surface area contributed by atoms with E-state index in [1.165, 1.54) is 56.2 Å². The van der Waals surface area contributed by atoms with Gasteiger partial charge in [-0.15, -0.1) is 0 Å². The van der Waals surface area contributed by atoms with E-state index in [1.54, 1.807) is 6.07 Å². The number of fused-ring (bicyclic) bond motifs is 1. The molecular formula is C19H25KO3S. The number of rotatable bonds is 9. The van der Waals surface area contributed by atoms with Crippen LogP contribution in [0.25, 0.3) is 10.8 Å². The predicted molar refractivity (Wildman–Crippen MR) is 93.6 cm³/mol. The molecule has 0 saturated carbocycles. The van der Waals surface area contributed by atoms with E-state index in [0.717, 1.165) is 23.6 Å². The Labute approximate surface area is 188 Å². The first-order chi connectivity index (χ1) is 11.0. The van der Waals surface area contributed by atoms with Crippen LogP contribution in [0.2, 0.25) is 0 Å². The summed E-state index contributed by atoms with van der Waals surface area (Å²) in [6.07, 6.45) is 9.92. The van der Waals surface area contributed by atoms with Gasteiger partial charge in [-0.2, -0.15) is 0 Å². The van der Waals surface area contributed by atoms with E-state index < -0.39 is 10.1 Å². The molecule has 0 bridgehead atoms. The molecule has 0 amide bonds. The van der Waals surface area contributed by atoms with Crippen LogP contribution >= 0.6 is 0 Å². The van der Waals surface area contributed by atoms with Crippen molar-refractivity contribution in [3.63, 3.8) is 0 Å². The Morgan fingerprint density at radius 2 is 1.46 bits per heavy atom. The fourth-order valence-corrected chi connectivity index (χ4v) is 3.38. The molecule has 0 atom stereocenters. The Balaban J connectivity index is 0.00000288. The molecule has 0 unspecified atom stereocenters. The average Bonchev–Trinajstić information content (AvgIpc) is 2.52. The molecule has 3 nitrogen and oxygen atoms in total. The Morgan fingerprint density at radius 1 is 0.833 bits per heavy atom. The smallest absolute Gasteiger partial charge is 0.744 e. The van der Waals surface area contributed by atoms with Gasteiger partial charge in [-0.25, -0.2) is 8.42 Å². The molecule has 24 heavy (non-hydrogen) atoms. The van der Waals surface area contributed by atoms with E-state index in [1.807, 2.05) is 12.1 Å². The van der Waals surface area contributed by atoms with Gasteiger partial charge < -0.3 is 4.55 Å². The molecule has 0 spiro atoms. The van der Waals surface area contributed by atoms with Gasteiger partial charge in [0, 0.05) is 0 Å². The quantitative estimate of drug-likeness (QED) is 0.384. The second-order valence-electron chi connectivity index (χ2n) is 6.17. The Morgan fingerprint density at radius 3 is 2.12 bits per heavy atom. The third-order valence-corrected chi connectivity index (χ3v) is 5.07. The van der Waals surface area contributed by atoms with E-state index in [2.05, 4.69) is 13.0 Å². The maximum Gasteiger partial charge on any atom is 1.00 e. The number of hydrogen-bond acceptors (Lipinski definition) is 3. The molecule has 126 valence electrons. The predicted octanol–water partition coefficient (Wildman–Crippen LogP) is 2.04. The second kappa shape index (κ2) is 11.1. The van der Waals surface area contributed by atoms with Gasteiger partial charge >= 0.3 is 51.4 Å². The van der Waals surface area contributed by atoms with Gasteiger partial charge in [0.25, 0.3) is 0 Å². The zero-order valence-corrected chi connectivity index (χ0v) is 18.7. The molecule has 0 aliphatic heterocycles. The van der Waals surface area contributed by atoms with Gasteiger partial charge in [-0.05, 0) is 41.3 Å². The van der Waals surface area contributed by atoms with Gasteiger partial charge in [-0.1, -0.05) is 69.7 Å². The summed E-state index contributed by atoms with van der Waals surface area (Å²) in [5.74, 6) is 0. The van der Waals surface area contributed by atoms with Crippen molar-refractivity contribution in [2.24, 2.45) is 0 Å². The number of benzene rings is 2. The van der Waals surface area contributed by atoms with Crippen LogP contribution in [0, 0.1) is 0 Å². The van der Waals surface area contributed by atoms with Crippen LogP contribution in [0.5, 0.6) is 0 Å². The number of hydrogen-bond donors (Lipinski definition) is 0. The van der Waals surface area contributed by atoms with Crippen molar-refractivity contribution >= 4 is 20.9 Å². The first-order valence-electron chi connectivity index (χ1n) is 8.49. The minimum atomic E-state index is -4.39. The SMILES string of the molecule is CCCCCCCCCc1ccc2ccc(S(=O)(=O)[O-])cc2c1.[K+]. The third-order valence-electron chi connectivity index (χ3n) is 4.23. The van der Waals surface area contributed by atoms with Crippen LogP contribution in [-0.4, -0.2) is 13.0 Å². The van der Waals surface area contributed by atoms with Crippen molar-refractivity contribution in [3.05, 3.63) is 42.0 Å². The molecule has 0 fully saturated rings. The van der Waals surface area contributed by atoms with Crippen molar-refractivity contribution in [1.29, 1.82) is 0 Å². The van der Waals surface area contributed by atoms with Crippen LogP contribution in [0.15, 0.2) is 41.3 Å². The molecule has 0 radical (unpaired) electrons. The first kappa shape index (κ1) is 22.3.